The van der Waals surface area contributed by atoms with Crippen LogP contribution in [0.5, 0.6) is 0 Å². The van der Waals surface area contributed by atoms with Crippen LogP contribution < -0.4 is 10.6 Å². The summed E-state index contributed by atoms with van der Waals surface area (Å²) in [6, 6.07) is 13.9. The number of carboxylic acid groups (broad SMARTS) is 1. The summed E-state index contributed by atoms with van der Waals surface area (Å²) < 4.78 is 5.52. The van der Waals surface area contributed by atoms with E-state index < -0.39 is 30.1 Å². The van der Waals surface area contributed by atoms with Crippen LogP contribution in [-0.2, 0) is 14.3 Å². The zero-order chi connectivity index (χ0) is 24.7. The average Bonchev–Trinajstić information content (AvgIpc) is 3.13. The van der Waals surface area contributed by atoms with Gasteiger partial charge in [0.05, 0.1) is 0 Å². The predicted molar refractivity (Wildman–Crippen MR) is 129 cm³/mol. The number of hydrogen-bond acceptors (Lipinski definition) is 4. The van der Waals surface area contributed by atoms with Gasteiger partial charge in [0, 0.05) is 12.3 Å². The Bertz CT molecular complexity index is 1070. The van der Waals surface area contributed by atoms with E-state index in [1.165, 1.54) is 0 Å². The van der Waals surface area contributed by atoms with Gasteiger partial charge in [-0.15, -0.1) is 11.8 Å². The second kappa shape index (κ2) is 11.4. The zero-order valence-corrected chi connectivity index (χ0v) is 19.6. The van der Waals surface area contributed by atoms with Crippen molar-refractivity contribution in [1.29, 1.82) is 0 Å². The minimum Gasteiger partial charge on any atom is -0.480 e. The van der Waals surface area contributed by atoms with E-state index in [0.29, 0.717) is 0 Å². The molecule has 0 aliphatic heterocycles. The molecule has 1 aliphatic carbocycles. The van der Waals surface area contributed by atoms with Crippen molar-refractivity contribution in [1.82, 2.24) is 10.6 Å². The third-order valence-electron chi connectivity index (χ3n) is 5.76. The quantitative estimate of drug-likeness (QED) is 0.490. The molecule has 2 aromatic rings. The van der Waals surface area contributed by atoms with Gasteiger partial charge in [0.15, 0.2) is 0 Å². The molecule has 0 fully saturated rings. The number of carbonyl (C=O) groups excluding carboxylic acids is 2. The van der Waals surface area contributed by atoms with E-state index in [2.05, 4.69) is 22.5 Å². The number of carboxylic acids is 1. The van der Waals surface area contributed by atoms with Crippen LogP contribution >= 0.6 is 0 Å². The van der Waals surface area contributed by atoms with Crippen LogP contribution in [0.1, 0.15) is 50.7 Å². The predicted octanol–water partition coefficient (Wildman–Crippen LogP) is 3.92. The van der Waals surface area contributed by atoms with Gasteiger partial charge in [-0.3, -0.25) is 4.79 Å². The molecular weight excluding hydrogens is 432 g/mol. The molecule has 3 rings (SSSR count). The van der Waals surface area contributed by atoms with E-state index in [0.717, 1.165) is 22.3 Å². The maximum absolute atomic E-state index is 12.8. The minimum absolute atomic E-state index is 0.0422. The molecule has 34 heavy (non-hydrogen) atoms. The summed E-state index contributed by atoms with van der Waals surface area (Å²) in [7, 11) is 0. The van der Waals surface area contributed by atoms with Crippen LogP contribution in [-0.4, -0.2) is 41.8 Å². The van der Waals surface area contributed by atoms with Crippen LogP contribution in [0.2, 0.25) is 0 Å². The molecule has 2 atom stereocenters. The summed E-state index contributed by atoms with van der Waals surface area (Å²) in [5.74, 6) is 3.70. The summed E-state index contributed by atoms with van der Waals surface area (Å²) in [6.07, 6.45) is -0.436. The highest BCUT2D eigenvalue weighted by molar-refractivity contribution is 5.89. The molecular formula is C27H30N2O5. The van der Waals surface area contributed by atoms with Crippen molar-refractivity contribution < 1.29 is 24.2 Å². The van der Waals surface area contributed by atoms with Crippen molar-refractivity contribution in [3.8, 4) is 23.0 Å². The molecule has 0 spiro atoms. The Hall–Kier alpha value is -3.79. The van der Waals surface area contributed by atoms with Gasteiger partial charge in [0.2, 0.25) is 5.91 Å². The first-order chi connectivity index (χ1) is 16.3. The Morgan fingerprint density at radius 3 is 2.09 bits per heavy atom. The fourth-order valence-corrected chi connectivity index (χ4v) is 4.16. The Labute approximate surface area is 199 Å². The van der Waals surface area contributed by atoms with Gasteiger partial charge in [0.25, 0.3) is 0 Å². The summed E-state index contributed by atoms with van der Waals surface area (Å²) in [5, 5.41) is 14.5. The van der Waals surface area contributed by atoms with Gasteiger partial charge in [-0.2, -0.15) is 0 Å². The molecule has 1 unspecified atom stereocenters. The molecule has 1 aliphatic rings. The Morgan fingerprint density at radius 2 is 1.56 bits per heavy atom. The molecule has 2 aromatic carbocycles. The van der Waals surface area contributed by atoms with E-state index in [9.17, 15) is 19.5 Å². The van der Waals surface area contributed by atoms with Crippen molar-refractivity contribution in [2.24, 2.45) is 5.92 Å². The van der Waals surface area contributed by atoms with E-state index >= 15 is 0 Å². The second-order valence-corrected chi connectivity index (χ2v) is 8.68. The number of rotatable bonds is 9. The fourth-order valence-electron chi connectivity index (χ4n) is 4.16. The summed E-state index contributed by atoms with van der Waals surface area (Å²) in [5.41, 5.74) is 4.40. The molecule has 178 valence electrons. The van der Waals surface area contributed by atoms with E-state index in [4.69, 9.17) is 4.74 Å². The highest BCUT2D eigenvalue weighted by Gasteiger charge is 2.30. The van der Waals surface area contributed by atoms with Crippen molar-refractivity contribution >= 4 is 18.0 Å². The van der Waals surface area contributed by atoms with Crippen LogP contribution in [0, 0.1) is 17.8 Å². The third-order valence-corrected chi connectivity index (χ3v) is 5.76. The van der Waals surface area contributed by atoms with Crippen molar-refractivity contribution in [2.45, 2.75) is 51.6 Å². The molecule has 3 N–H and O–H groups in total. The number of amides is 2. The lowest BCUT2D eigenvalue weighted by atomic mass is 9.98. The Kier molecular flexibility index (Phi) is 8.31. The Balaban J connectivity index is 1.67. The van der Waals surface area contributed by atoms with Gasteiger partial charge < -0.3 is 20.5 Å². The van der Waals surface area contributed by atoms with Crippen LogP contribution in [0.4, 0.5) is 4.79 Å². The number of hydrogen-bond donors (Lipinski definition) is 3. The molecule has 7 heteroatoms. The first kappa shape index (κ1) is 24.8. The molecule has 0 saturated carbocycles. The van der Waals surface area contributed by atoms with Crippen LogP contribution in [0.25, 0.3) is 11.1 Å². The average molecular weight is 463 g/mol. The second-order valence-electron chi connectivity index (χ2n) is 8.68. The standard InChI is InChI=1S/C27H30N2O5/c1-4-5-14-23(25(30)28-24(26(31)32)15-17(2)3)29-27(33)34-16-22-20-12-8-6-10-18(20)19-11-7-9-13-21(19)22/h6-13,17,22-24H,14-16H2,1-3H3,(H,28,30)(H,29,33)(H,31,32)/t23?,24-/m1/s1. The molecule has 0 heterocycles. The highest BCUT2D eigenvalue weighted by Crippen LogP contribution is 2.44. The fraction of sp³-hybridized carbons (Fsp3) is 0.370. The van der Waals surface area contributed by atoms with Gasteiger partial charge in [-0.05, 0) is 41.5 Å². The molecule has 0 saturated heterocycles. The lowest BCUT2D eigenvalue weighted by Crippen LogP contribution is -2.52. The van der Waals surface area contributed by atoms with E-state index in [1.54, 1.807) is 6.92 Å². The smallest absolute Gasteiger partial charge is 0.407 e. The van der Waals surface area contributed by atoms with Crippen LogP contribution in [0.3, 0.4) is 0 Å². The van der Waals surface area contributed by atoms with Gasteiger partial charge in [-0.25, -0.2) is 9.59 Å². The van der Waals surface area contributed by atoms with E-state index in [1.807, 2.05) is 62.4 Å². The van der Waals surface area contributed by atoms with Gasteiger partial charge >= 0.3 is 12.1 Å². The number of benzene rings is 2. The van der Waals surface area contributed by atoms with Gasteiger partial charge in [0.1, 0.15) is 18.7 Å². The van der Waals surface area contributed by atoms with E-state index in [-0.39, 0.29) is 31.3 Å². The third kappa shape index (κ3) is 5.96. The van der Waals surface area contributed by atoms with Crippen molar-refractivity contribution in [3.05, 3.63) is 59.7 Å². The monoisotopic (exact) mass is 462 g/mol. The van der Waals surface area contributed by atoms with Crippen molar-refractivity contribution in [2.75, 3.05) is 6.61 Å². The normalized spacial score (nSPS) is 13.6. The number of aliphatic carboxylic acids is 1. The minimum atomic E-state index is -1.12. The largest absolute Gasteiger partial charge is 0.480 e. The maximum atomic E-state index is 12.8. The molecule has 7 nitrogen and oxygen atoms in total. The first-order valence-electron chi connectivity index (χ1n) is 11.4. The lowest BCUT2D eigenvalue weighted by molar-refractivity contribution is -0.142. The molecule has 0 radical (unpaired) electrons. The SMILES string of the molecule is CC#CCC(NC(=O)OCC1c2ccccc2-c2ccccc21)C(=O)N[C@H](CC(C)C)C(=O)O. The lowest BCUT2D eigenvalue weighted by Gasteiger charge is -2.21. The summed E-state index contributed by atoms with van der Waals surface area (Å²) in [6.45, 7) is 5.48. The maximum Gasteiger partial charge on any atom is 0.407 e. The number of fused-ring (bicyclic) bond motifs is 3. The number of carbonyl (C=O) groups is 3. The van der Waals surface area contributed by atoms with Crippen LogP contribution in [0.15, 0.2) is 48.5 Å². The van der Waals surface area contributed by atoms with Gasteiger partial charge in [-0.1, -0.05) is 62.4 Å². The molecule has 0 aromatic heterocycles. The zero-order valence-electron chi connectivity index (χ0n) is 19.6. The topological polar surface area (TPSA) is 105 Å². The molecule has 2 amide bonds. The Morgan fingerprint density at radius 1 is 0.971 bits per heavy atom. The number of ether oxygens (including phenoxy) is 1. The molecule has 0 bridgehead atoms. The number of alkyl carbamates (subject to hydrolysis) is 1. The number of nitrogens with one attached hydrogen (secondary N) is 2. The summed E-state index contributed by atoms with van der Waals surface area (Å²) >= 11 is 0. The van der Waals surface area contributed by atoms with Crippen molar-refractivity contribution in [3.63, 3.8) is 0 Å². The first-order valence-corrected chi connectivity index (χ1v) is 11.4. The summed E-state index contributed by atoms with van der Waals surface area (Å²) in [4.78, 5) is 36.9. The highest BCUT2D eigenvalue weighted by atomic mass is 16.5.